The first-order valence-corrected chi connectivity index (χ1v) is 8.56. The molecule has 1 atom stereocenters. The molecule has 0 amide bonds. The van der Waals surface area contributed by atoms with Gasteiger partial charge < -0.3 is 0 Å². The second-order valence-corrected chi connectivity index (χ2v) is 6.38. The first-order chi connectivity index (χ1) is 11.7. The van der Waals surface area contributed by atoms with E-state index in [2.05, 4.69) is 59.9 Å². The summed E-state index contributed by atoms with van der Waals surface area (Å²) in [6.07, 6.45) is 14.2. The Kier molecular flexibility index (Phi) is 5.05. The molecule has 122 valence electrons. The molecule has 1 aliphatic rings. The maximum atomic E-state index is 4.40. The van der Waals surface area contributed by atoms with Gasteiger partial charge in [0.1, 0.15) is 0 Å². The fourth-order valence-electron chi connectivity index (χ4n) is 3.07. The van der Waals surface area contributed by atoms with Crippen LogP contribution in [-0.2, 0) is 0 Å². The van der Waals surface area contributed by atoms with Gasteiger partial charge in [0.15, 0.2) is 0 Å². The van der Waals surface area contributed by atoms with Crippen LogP contribution < -0.4 is 0 Å². The number of benzene rings is 1. The van der Waals surface area contributed by atoms with Gasteiger partial charge in [0.2, 0.25) is 0 Å². The van der Waals surface area contributed by atoms with Crippen LogP contribution >= 0.6 is 0 Å². The van der Waals surface area contributed by atoms with Crippen molar-refractivity contribution in [2.45, 2.75) is 38.5 Å². The number of nitrogens with zero attached hydrogens (tertiary/aromatic N) is 2. The summed E-state index contributed by atoms with van der Waals surface area (Å²) in [5.74, 6) is 1.01. The Morgan fingerprint density at radius 1 is 1.21 bits per heavy atom. The van der Waals surface area contributed by atoms with Crippen LogP contribution in [0.4, 0.5) is 0 Å². The number of aromatic nitrogens is 2. The van der Waals surface area contributed by atoms with Crippen molar-refractivity contribution in [3.8, 4) is 0 Å². The van der Waals surface area contributed by atoms with Crippen molar-refractivity contribution in [1.82, 2.24) is 9.97 Å². The Morgan fingerprint density at radius 3 is 2.50 bits per heavy atom. The molecule has 1 fully saturated rings. The van der Waals surface area contributed by atoms with E-state index < -0.39 is 0 Å². The minimum Gasteiger partial charge on any atom is -0.261 e. The van der Waals surface area contributed by atoms with Gasteiger partial charge in [-0.25, -0.2) is 0 Å². The molecule has 0 N–H and O–H groups in total. The molecule has 1 aromatic heterocycles. The van der Waals surface area contributed by atoms with Crippen molar-refractivity contribution < 1.29 is 0 Å². The number of allylic oxidation sites excluding steroid dienone is 5. The fourth-order valence-corrected chi connectivity index (χ4v) is 3.07. The van der Waals surface area contributed by atoms with Crippen LogP contribution in [0.5, 0.6) is 0 Å². The van der Waals surface area contributed by atoms with E-state index in [-0.39, 0.29) is 5.92 Å². The normalized spacial score (nSPS) is 16.8. The molecule has 0 aliphatic heterocycles. The summed E-state index contributed by atoms with van der Waals surface area (Å²) in [5, 5.41) is 0. The SMILES string of the molecule is C=CC(/C(C)=C/C(=C\C)c1cnccn1)c1ccc(C2CC2)cc1. The Labute approximate surface area is 144 Å². The van der Waals surface area contributed by atoms with E-state index in [9.17, 15) is 0 Å². The van der Waals surface area contributed by atoms with Gasteiger partial charge in [0.25, 0.3) is 0 Å². The van der Waals surface area contributed by atoms with Crippen molar-refractivity contribution in [1.29, 1.82) is 0 Å². The Hall–Kier alpha value is -2.48. The van der Waals surface area contributed by atoms with E-state index in [1.165, 1.54) is 29.5 Å². The van der Waals surface area contributed by atoms with Crippen molar-refractivity contribution in [3.63, 3.8) is 0 Å². The Balaban J connectivity index is 1.84. The third-order valence-corrected chi connectivity index (χ3v) is 4.62. The molecule has 1 saturated carbocycles. The third kappa shape index (κ3) is 3.70. The van der Waals surface area contributed by atoms with Gasteiger partial charge in [0.05, 0.1) is 11.9 Å². The standard InChI is InChI=1S/C22H24N2/c1-4-17(22-15-23-12-13-24-22)14-16(3)21(5-2)20-10-8-19(9-11-20)18-6-7-18/h4-5,8-15,18,21H,2,6-7H2,1,3H3/b16-14+,17-4+. The smallest absolute Gasteiger partial charge is 0.0881 e. The maximum Gasteiger partial charge on any atom is 0.0881 e. The average Bonchev–Trinajstić information content (AvgIpc) is 3.47. The van der Waals surface area contributed by atoms with E-state index in [4.69, 9.17) is 0 Å². The number of hydrogen-bond acceptors (Lipinski definition) is 2. The number of hydrogen-bond donors (Lipinski definition) is 0. The molecule has 0 bridgehead atoms. The van der Waals surface area contributed by atoms with Gasteiger partial charge >= 0.3 is 0 Å². The zero-order valence-electron chi connectivity index (χ0n) is 14.4. The first-order valence-electron chi connectivity index (χ1n) is 8.56. The molecule has 3 rings (SSSR count). The summed E-state index contributed by atoms with van der Waals surface area (Å²) in [7, 11) is 0. The van der Waals surface area contributed by atoms with E-state index in [1.54, 1.807) is 18.6 Å². The van der Waals surface area contributed by atoms with Gasteiger partial charge in [-0.15, -0.1) is 6.58 Å². The molecule has 1 heterocycles. The topological polar surface area (TPSA) is 25.8 Å². The molecular weight excluding hydrogens is 292 g/mol. The molecule has 1 aliphatic carbocycles. The summed E-state index contributed by atoms with van der Waals surface area (Å²) in [6, 6.07) is 9.04. The lowest BCUT2D eigenvalue weighted by Crippen LogP contribution is -1.98. The molecule has 1 aromatic carbocycles. The lowest BCUT2D eigenvalue weighted by Gasteiger charge is -2.15. The quantitative estimate of drug-likeness (QED) is 0.506. The van der Waals surface area contributed by atoms with Crippen LogP contribution in [0.3, 0.4) is 0 Å². The zero-order valence-corrected chi connectivity index (χ0v) is 14.4. The highest BCUT2D eigenvalue weighted by molar-refractivity contribution is 5.72. The van der Waals surface area contributed by atoms with Gasteiger partial charge in [-0.3, -0.25) is 9.97 Å². The van der Waals surface area contributed by atoms with Crippen molar-refractivity contribution >= 4 is 5.57 Å². The molecule has 24 heavy (non-hydrogen) atoms. The minimum atomic E-state index is 0.213. The van der Waals surface area contributed by atoms with Crippen LogP contribution in [0.2, 0.25) is 0 Å². The molecule has 0 radical (unpaired) electrons. The summed E-state index contributed by atoms with van der Waals surface area (Å²) in [6.45, 7) is 8.23. The highest BCUT2D eigenvalue weighted by Gasteiger charge is 2.23. The van der Waals surface area contributed by atoms with Crippen LogP contribution in [0.1, 0.15) is 55.3 Å². The van der Waals surface area contributed by atoms with Gasteiger partial charge in [-0.1, -0.05) is 48.1 Å². The van der Waals surface area contributed by atoms with Crippen LogP contribution in [0.25, 0.3) is 5.57 Å². The third-order valence-electron chi connectivity index (χ3n) is 4.62. The first kappa shape index (κ1) is 16.4. The zero-order chi connectivity index (χ0) is 16.9. The van der Waals surface area contributed by atoms with E-state index in [0.29, 0.717) is 0 Å². The lowest BCUT2D eigenvalue weighted by molar-refractivity contribution is 0.987. The van der Waals surface area contributed by atoms with Gasteiger partial charge in [0, 0.05) is 18.3 Å². The number of rotatable bonds is 6. The summed E-state index contributed by atoms with van der Waals surface area (Å²) in [4.78, 5) is 8.56. The Bertz CT molecular complexity index is 750. The van der Waals surface area contributed by atoms with Gasteiger partial charge in [-0.2, -0.15) is 0 Å². The second kappa shape index (κ2) is 7.39. The van der Waals surface area contributed by atoms with E-state index >= 15 is 0 Å². The van der Waals surface area contributed by atoms with Crippen LogP contribution in [-0.4, -0.2) is 9.97 Å². The van der Waals surface area contributed by atoms with Crippen molar-refractivity contribution in [3.05, 3.63) is 90.1 Å². The molecular formula is C22H24N2. The van der Waals surface area contributed by atoms with Crippen molar-refractivity contribution in [2.75, 3.05) is 0 Å². The van der Waals surface area contributed by atoms with Crippen LogP contribution in [0, 0.1) is 0 Å². The maximum absolute atomic E-state index is 4.40. The van der Waals surface area contributed by atoms with E-state index in [1.807, 2.05) is 13.0 Å². The van der Waals surface area contributed by atoms with Crippen LogP contribution in [0.15, 0.2) is 73.2 Å². The summed E-state index contributed by atoms with van der Waals surface area (Å²) in [5.41, 5.74) is 5.99. The highest BCUT2D eigenvalue weighted by Crippen LogP contribution is 2.40. The minimum absolute atomic E-state index is 0.213. The predicted molar refractivity (Wildman–Crippen MR) is 101 cm³/mol. The molecule has 2 nitrogen and oxygen atoms in total. The molecule has 1 unspecified atom stereocenters. The monoisotopic (exact) mass is 316 g/mol. The molecule has 2 aromatic rings. The molecule has 0 spiro atoms. The molecule has 2 heteroatoms. The largest absolute Gasteiger partial charge is 0.261 e. The van der Waals surface area contributed by atoms with Crippen molar-refractivity contribution in [2.24, 2.45) is 0 Å². The summed E-state index contributed by atoms with van der Waals surface area (Å²) >= 11 is 0. The summed E-state index contributed by atoms with van der Waals surface area (Å²) < 4.78 is 0. The fraction of sp³-hybridized carbons (Fsp3) is 0.273. The molecule has 0 saturated heterocycles. The second-order valence-electron chi connectivity index (χ2n) is 6.38. The Morgan fingerprint density at radius 2 is 1.96 bits per heavy atom. The highest BCUT2D eigenvalue weighted by atomic mass is 14.8. The van der Waals surface area contributed by atoms with E-state index in [0.717, 1.165) is 17.2 Å². The predicted octanol–water partition coefficient (Wildman–Crippen LogP) is 5.67. The van der Waals surface area contributed by atoms with Gasteiger partial charge in [-0.05, 0) is 49.3 Å². The average molecular weight is 316 g/mol. The lowest BCUT2D eigenvalue weighted by atomic mass is 9.89.